The standard InChI is InChI=1S/C21H34N4O2.HI/c1-4-5-17-14-19(17)24-21(22-2)23-15-20(25-10-12-27-13-11-25)16-6-8-18(26-3)9-7-16;/h6-9,17,19-20H,4-5,10-15H2,1-3H3,(H2,22,23,24);1H. The monoisotopic (exact) mass is 502 g/mol. The van der Waals surface area contributed by atoms with Crippen molar-refractivity contribution in [2.75, 3.05) is 47.0 Å². The highest BCUT2D eigenvalue weighted by Crippen LogP contribution is 2.34. The maximum absolute atomic E-state index is 5.55. The van der Waals surface area contributed by atoms with Crippen LogP contribution in [-0.2, 0) is 4.74 Å². The number of hydrogen-bond donors (Lipinski definition) is 2. The Morgan fingerprint density at radius 1 is 1.29 bits per heavy atom. The van der Waals surface area contributed by atoms with Crippen LogP contribution in [0.15, 0.2) is 29.3 Å². The summed E-state index contributed by atoms with van der Waals surface area (Å²) in [5, 5.41) is 7.13. The summed E-state index contributed by atoms with van der Waals surface area (Å²) in [7, 11) is 3.55. The first-order chi connectivity index (χ1) is 13.2. The van der Waals surface area contributed by atoms with E-state index in [0.29, 0.717) is 6.04 Å². The lowest BCUT2D eigenvalue weighted by molar-refractivity contribution is 0.0170. The van der Waals surface area contributed by atoms with E-state index in [1.165, 1.54) is 24.8 Å². The molecule has 2 fully saturated rings. The lowest BCUT2D eigenvalue weighted by Gasteiger charge is -2.35. The zero-order valence-corrected chi connectivity index (χ0v) is 19.6. The molecular weight excluding hydrogens is 467 g/mol. The Morgan fingerprint density at radius 2 is 2.00 bits per heavy atom. The Bertz CT molecular complexity index is 605. The number of hydrogen-bond acceptors (Lipinski definition) is 4. The van der Waals surface area contributed by atoms with E-state index in [-0.39, 0.29) is 30.0 Å². The summed E-state index contributed by atoms with van der Waals surface area (Å²) in [6.07, 6.45) is 3.82. The molecule has 1 saturated heterocycles. The van der Waals surface area contributed by atoms with Crippen molar-refractivity contribution in [3.8, 4) is 5.75 Å². The van der Waals surface area contributed by atoms with Gasteiger partial charge in [-0.1, -0.05) is 25.5 Å². The van der Waals surface area contributed by atoms with Gasteiger partial charge in [0.15, 0.2) is 5.96 Å². The Labute approximate surface area is 186 Å². The fraction of sp³-hybridized carbons (Fsp3) is 0.667. The van der Waals surface area contributed by atoms with Gasteiger partial charge in [0.25, 0.3) is 0 Å². The summed E-state index contributed by atoms with van der Waals surface area (Å²) in [4.78, 5) is 6.92. The molecule has 7 heteroatoms. The van der Waals surface area contributed by atoms with E-state index >= 15 is 0 Å². The van der Waals surface area contributed by atoms with Gasteiger partial charge < -0.3 is 20.1 Å². The number of methoxy groups -OCH3 is 1. The van der Waals surface area contributed by atoms with Crippen LogP contribution in [0.4, 0.5) is 0 Å². The van der Waals surface area contributed by atoms with Crippen molar-refractivity contribution in [3.05, 3.63) is 29.8 Å². The first-order valence-corrected chi connectivity index (χ1v) is 10.2. The van der Waals surface area contributed by atoms with E-state index in [4.69, 9.17) is 9.47 Å². The summed E-state index contributed by atoms with van der Waals surface area (Å²) in [6, 6.07) is 9.26. The largest absolute Gasteiger partial charge is 0.497 e. The van der Waals surface area contributed by atoms with Gasteiger partial charge in [-0.3, -0.25) is 9.89 Å². The van der Waals surface area contributed by atoms with Crippen molar-refractivity contribution >= 4 is 29.9 Å². The molecule has 1 saturated carbocycles. The van der Waals surface area contributed by atoms with Crippen molar-refractivity contribution < 1.29 is 9.47 Å². The van der Waals surface area contributed by atoms with E-state index in [1.54, 1.807) is 7.11 Å². The Hall–Kier alpha value is -1.06. The fourth-order valence-electron chi connectivity index (χ4n) is 3.85. The SMILES string of the molecule is CCCC1CC1NC(=NC)NCC(c1ccc(OC)cc1)N1CCOCC1.I. The van der Waals surface area contributed by atoms with Crippen LogP contribution in [0.1, 0.15) is 37.8 Å². The third-order valence-corrected chi connectivity index (χ3v) is 5.58. The van der Waals surface area contributed by atoms with Crippen molar-refractivity contribution in [2.24, 2.45) is 10.9 Å². The topological polar surface area (TPSA) is 58.1 Å². The van der Waals surface area contributed by atoms with Crippen LogP contribution in [0.2, 0.25) is 0 Å². The van der Waals surface area contributed by atoms with Gasteiger partial charge in [0.05, 0.1) is 26.4 Å². The van der Waals surface area contributed by atoms with Gasteiger partial charge >= 0.3 is 0 Å². The smallest absolute Gasteiger partial charge is 0.191 e. The maximum Gasteiger partial charge on any atom is 0.191 e. The first kappa shape index (κ1) is 23.2. The van der Waals surface area contributed by atoms with Crippen molar-refractivity contribution in [1.29, 1.82) is 0 Å². The number of benzene rings is 1. The summed E-state index contributed by atoms with van der Waals surface area (Å²) < 4.78 is 10.9. The minimum absolute atomic E-state index is 0. The molecule has 0 aromatic heterocycles. The average molecular weight is 502 g/mol. The molecule has 0 amide bonds. The summed E-state index contributed by atoms with van der Waals surface area (Å²) >= 11 is 0. The minimum Gasteiger partial charge on any atom is -0.497 e. The van der Waals surface area contributed by atoms with Crippen LogP contribution in [0.5, 0.6) is 5.75 Å². The molecule has 28 heavy (non-hydrogen) atoms. The van der Waals surface area contributed by atoms with Crippen LogP contribution in [0.25, 0.3) is 0 Å². The van der Waals surface area contributed by atoms with E-state index in [2.05, 4.69) is 39.6 Å². The van der Waals surface area contributed by atoms with Gasteiger partial charge in [-0.15, -0.1) is 24.0 Å². The Kier molecular flexibility index (Phi) is 9.81. The van der Waals surface area contributed by atoms with E-state index in [1.807, 2.05) is 19.2 Å². The molecule has 2 N–H and O–H groups in total. The predicted molar refractivity (Wildman–Crippen MR) is 125 cm³/mol. The van der Waals surface area contributed by atoms with Gasteiger partial charge in [-0.05, 0) is 36.5 Å². The number of guanidine groups is 1. The second kappa shape index (κ2) is 11.8. The second-order valence-electron chi connectivity index (χ2n) is 7.43. The normalized spacial score (nSPS) is 23.5. The highest BCUT2D eigenvalue weighted by atomic mass is 127. The van der Waals surface area contributed by atoms with Crippen molar-refractivity contribution in [1.82, 2.24) is 15.5 Å². The van der Waals surface area contributed by atoms with Gasteiger partial charge in [-0.25, -0.2) is 0 Å². The third-order valence-electron chi connectivity index (χ3n) is 5.58. The van der Waals surface area contributed by atoms with Crippen molar-refractivity contribution in [3.63, 3.8) is 0 Å². The molecule has 1 aliphatic heterocycles. The molecule has 1 aliphatic carbocycles. The van der Waals surface area contributed by atoms with Gasteiger partial charge in [0.2, 0.25) is 0 Å². The molecule has 158 valence electrons. The first-order valence-electron chi connectivity index (χ1n) is 10.2. The lowest BCUT2D eigenvalue weighted by Crippen LogP contribution is -2.46. The maximum atomic E-state index is 5.55. The molecular formula is C21H35IN4O2. The highest BCUT2D eigenvalue weighted by molar-refractivity contribution is 14.0. The molecule has 0 radical (unpaired) electrons. The summed E-state index contributed by atoms with van der Waals surface area (Å²) in [5.74, 6) is 2.61. The fourth-order valence-corrected chi connectivity index (χ4v) is 3.85. The molecule has 0 spiro atoms. The molecule has 3 unspecified atom stereocenters. The van der Waals surface area contributed by atoms with Crippen LogP contribution < -0.4 is 15.4 Å². The highest BCUT2D eigenvalue weighted by Gasteiger charge is 2.36. The molecule has 3 atom stereocenters. The number of halogens is 1. The minimum atomic E-state index is 0. The average Bonchev–Trinajstić information content (AvgIpc) is 3.46. The van der Waals surface area contributed by atoms with E-state index < -0.39 is 0 Å². The van der Waals surface area contributed by atoms with Crippen LogP contribution in [-0.4, -0.2) is 63.9 Å². The summed E-state index contributed by atoms with van der Waals surface area (Å²) in [6.45, 7) is 6.55. The number of nitrogens with zero attached hydrogens (tertiary/aromatic N) is 2. The van der Waals surface area contributed by atoms with Gasteiger partial charge in [0.1, 0.15) is 5.75 Å². The number of morpholine rings is 1. The Balaban J connectivity index is 0.00000280. The quantitative estimate of drug-likeness (QED) is 0.325. The molecule has 6 nitrogen and oxygen atoms in total. The van der Waals surface area contributed by atoms with Crippen LogP contribution in [0.3, 0.4) is 0 Å². The van der Waals surface area contributed by atoms with Gasteiger partial charge in [0, 0.05) is 32.7 Å². The number of rotatable bonds is 8. The van der Waals surface area contributed by atoms with Crippen LogP contribution >= 0.6 is 24.0 Å². The number of aliphatic imine (C=N–C) groups is 1. The predicted octanol–water partition coefficient (Wildman–Crippen LogP) is 3.04. The van der Waals surface area contributed by atoms with E-state index in [9.17, 15) is 0 Å². The molecule has 1 aromatic carbocycles. The molecule has 1 aromatic rings. The van der Waals surface area contributed by atoms with Crippen molar-refractivity contribution in [2.45, 2.75) is 38.3 Å². The molecule has 3 rings (SSSR count). The molecule has 1 heterocycles. The van der Waals surface area contributed by atoms with Gasteiger partial charge in [-0.2, -0.15) is 0 Å². The number of nitrogens with one attached hydrogen (secondary N) is 2. The lowest BCUT2D eigenvalue weighted by atomic mass is 10.0. The Morgan fingerprint density at radius 3 is 2.61 bits per heavy atom. The van der Waals surface area contributed by atoms with Crippen LogP contribution in [0, 0.1) is 5.92 Å². The molecule has 2 aliphatic rings. The zero-order chi connectivity index (χ0) is 19.1. The third kappa shape index (κ3) is 6.49. The number of ether oxygens (including phenoxy) is 2. The zero-order valence-electron chi connectivity index (χ0n) is 17.3. The summed E-state index contributed by atoms with van der Waals surface area (Å²) in [5.41, 5.74) is 1.29. The molecule has 0 bridgehead atoms. The second-order valence-corrected chi connectivity index (χ2v) is 7.43. The van der Waals surface area contributed by atoms with E-state index in [0.717, 1.165) is 50.5 Å².